The van der Waals surface area contributed by atoms with E-state index in [9.17, 15) is 19.2 Å². The van der Waals surface area contributed by atoms with Crippen molar-refractivity contribution in [1.29, 1.82) is 0 Å². The summed E-state index contributed by atoms with van der Waals surface area (Å²) in [5.74, 6) is 0.852. The molecule has 4 aliphatic rings. The van der Waals surface area contributed by atoms with Gasteiger partial charge >= 0.3 is 12.0 Å². The molecule has 1 atom stereocenters. The predicted molar refractivity (Wildman–Crippen MR) is 96.4 cm³/mol. The summed E-state index contributed by atoms with van der Waals surface area (Å²) in [6.07, 6.45) is 5.67. The SMILES string of the molecule is CNC(=O)NC(=O)[C@@H](C)OC(=O)CCNC(=O)C12CC3CC(CC(C3)C1)C2. The highest BCUT2D eigenvalue weighted by molar-refractivity contribution is 5.97. The molecule has 4 bridgehead atoms. The summed E-state index contributed by atoms with van der Waals surface area (Å²) in [7, 11) is 1.38. The minimum Gasteiger partial charge on any atom is -0.452 e. The summed E-state index contributed by atoms with van der Waals surface area (Å²) in [5.41, 5.74) is -0.237. The molecule has 150 valence electrons. The molecule has 4 fully saturated rings. The Labute approximate surface area is 159 Å². The van der Waals surface area contributed by atoms with E-state index in [0.29, 0.717) is 17.8 Å². The van der Waals surface area contributed by atoms with Gasteiger partial charge < -0.3 is 15.4 Å². The first-order valence-electron chi connectivity index (χ1n) is 9.81. The number of esters is 1. The van der Waals surface area contributed by atoms with Crippen LogP contribution in [-0.2, 0) is 19.1 Å². The predicted octanol–water partition coefficient (Wildman–Crippen LogP) is 1.10. The molecule has 8 heteroatoms. The number of imide groups is 1. The zero-order valence-corrected chi connectivity index (χ0v) is 16.0. The highest BCUT2D eigenvalue weighted by Crippen LogP contribution is 2.60. The van der Waals surface area contributed by atoms with E-state index in [1.165, 1.54) is 33.2 Å². The smallest absolute Gasteiger partial charge is 0.321 e. The maximum atomic E-state index is 12.8. The van der Waals surface area contributed by atoms with Crippen molar-refractivity contribution < 1.29 is 23.9 Å². The lowest BCUT2D eigenvalue weighted by atomic mass is 9.49. The first-order chi connectivity index (χ1) is 12.8. The van der Waals surface area contributed by atoms with Crippen molar-refractivity contribution in [3.8, 4) is 0 Å². The van der Waals surface area contributed by atoms with E-state index >= 15 is 0 Å². The summed E-state index contributed by atoms with van der Waals surface area (Å²) in [4.78, 5) is 47.4. The third-order valence-corrected chi connectivity index (χ3v) is 6.28. The molecule has 4 amide bonds. The van der Waals surface area contributed by atoms with Gasteiger partial charge in [-0.3, -0.25) is 19.7 Å². The van der Waals surface area contributed by atoms with E-state index in [0.717, 1.165) is 19.3 Å². The van der Waals surface area contributed by atoms with Gasteiger partial charge in [-0.25, -0.2) is 4.79 Å². The van der Waals surface area contributed by atoms with Crippen molar-refractivity contribution in [2.45, 2.75) is 58.0 Å². The second-order valence-electron chi connectivity index (χ2n) is 8.40. The van der Waals surface area contributed by atoms with E-state index in [4.69, 9.17) is 4.74 Å². The van der Waals surface area contributed by atoms with Crippen LogP contribution in [0.5, 0.6) is 0 Å². The number of hydrogen-bond donors (Lipinski definition) is 3. The minimum atomic E-state index is -1.08. The van der Waals surface area contributed by atoms with E-state index < -0.39 is 24.0 Å². The maximum Gasteiger partial charge on any atom is 0.321 e. The van der Waals surface area contributed by atoms with Gasteiger partial charge in [-0.1, -0.05) is 0 Å². The molecule has 0 aliphatic heterocycles. The topological polar surface area (TPSA) is 114 Å². The van der Waals surface area contributed by atoms with Crippen molar-refractivity contribution in [1.82, 2.24) is 16.0 Å². The molecule has 0 spiro atoms. The second-order valence-corrected chi connectivity index (χ2v) is 8.40. The minimum absolute atomic E-state index is 0.00427. The molecule has 4 aliphatic carbocycles. The van der Waals surface area contributed by atoms with Crippen molar-refractivity contribution in [2.75, 3.05) is 13.6 Å². The molecule has 4 rings (SSSR count). The van der Waals surface area contributed by atoms with Gasteiger partial charge in [0.15, 0.2) is 6.10 Å². The molecule has 0 aromatic carbocycles. The third-order valence-electron chi connectivity index (χ3n) is 6.28. The van der Waals surface area contributed by atoms with Crippen LogP contribution in [-0.4, -0.2) is 43.5 Å². The Morgan fingerprint density at radius 1 is 1.04 bits per heavy atom. The molecule has 0 aromatic heterocycles. The van der Waals surface area contributed by atoms with Crippen molar-refractivity contribution in [3.05, 3.63) is 0 Å². The van der Waals surface area contributed by atoms with Crippen LogP contribution in [0.2, 0.25) is 0 Å². The molecule has 0 heterocycles. The fourth-order valence-corrected chi connectivity index (χ4v) is 5.44. The Bertz CT molecular complexity index is 598. The first-order valence-corrected chi connectivity index (χ1v) is 9.81. The Kier molecular flexibility index (Phi) is 5.72. The Morgan fingerprint density at radius 2 is 1.59 bits per heavy atom. The molecule has 3 N–H and O–H groups in total. The molecule has 8 nitrogen and oxygen atoms in total. The molecular formula is C19H29N3O5. The van der Waals surface area contributed by atoms with Crippen molar-refractivity contribution in [2.24, 2.45) is 23.2 Å². The molecular weight excluding hydrogens is 350 g/mol. The Morgan fingerprint density at radius 3 is 2.11 bits per heavy atom. The number of carbonyl (C=O) groups is 4. The van der Waals surface area contributed by atoms with E-state index in [1.807, 2.05) is 5.32 Å². The second kappa shape index (κ2) is 7.86. The highest BCUT2D eigenvalue weighted by atomic mass is 16.5. The fourth-order valence-electron chi connectivity index (χ4n) is 5.44. The first kappa shape index (κ1) is 19.6. The largest absolute Gasteiger partial charge is 0.452 e. The van der Waals surface area contributed by atoms with Gasteiger partial charge in [0.1, 0.15) is 0 Å². The highest BCUT2D eigenvalue weighted by Gasteiger charge is 2.54. The molecule has 0 saturated heterocycles. The van der Waals surface area contributed by atoms with Crippen LogP contribution in [0.25, 0.3) is 0 Å². The monoisotopic (exact) mass is 379 g/mol. The van der Waals surface area contributed by atoms with Crippen molar-refractivity contribution >= 4 is 23.8 Å². The fraction of sp³-hybridized carbons (Fsp3) is 0.789. The lowest BCUT2D eigenvalue weighted by Gasteiger charge is -2.55. The average Bonchev–Trinajstić information content (AvgIpc) is 2.60. The van der Waals surface area contributed by atoms with Crippen LogP contribution in [0.4, 0.5) is 4.79 Å². The number of nitrogens with one attached hydrogen (secondary N) is 3. The van der Waals surface area contributed by atoms with Crippen LogP contribution in [0, 0.1) is 23.2 Å². The Hall–Kier alpha value is -2.12. The molecule has 0 aromatic rings. The maximum absolute atomic E-state index is 12.8. The summed E-state index contributed by atoms with van der Waals surface area (Å²) in [6.45, 7) is 1.59. The zero-order chi connectivity index (χ0) is 19.6. The molecule has 27 heavy (non-hydrogen) atoms. The summed E-state index contributed by atoms with van der Waals surface area (Å²) >= 11 is 0. The number of hydrogen-bond acceptors (Lipinski definition) is 5. The summed E-state index contributed by atoms with van der Waals surface area (Å²) < 4.78 is 5.01. The van der Waals surface area contributed by atoms with E-state index in [-0.39, 0.29) is 24.3 Å². The summed E-state index contributed by atoms with van der Waals surface area (Å²) in [5, 5.41) is 7.20. The normalized spacial score (nSPS) is 31.7. The van der Waals surface area contributed by atoms with Gasteiger partial charge in [0.2, 0.25) is 5.91 Å². The van der Waals surface area contributed by atoms with Crippen LogP contribution >= 0.6 is 0 Å². The molecule has 0 unspecified atom stereocenters. The van der Waals surface area contributed by atoms with Gasteiger partial charge in [0.25, 0.3) is 5.91 Å². The third kappa shape index (κ3) is 4.42. The van der Waals surface area contributed by atoms with Gasteiger partial charge in [-0.15, -0.1) is 0 Å². The quantitative estimate of drug-likeness (QED) is 0.598. The number of carbonyl (C=O) groups excluding carboxylic acids is 4. The lowest BCUT2D eigenvalue weighted by molar-refractivity contribution is -0.154. The van der Waals surface area contributed by atoms with Gasteiger partial charge in [0, 0.05) is 19.0 Å². The van der Waals surface area contributed by atoms with Gasteiger partial charge in [-0.2, -0.15) is 0 Å². The lowest BCUT2D eigenvalue weighted by Crippen LogP contribution is -2.53. The van der Waals surface area contributed by atoms with Gasteiger partial charge in [0.05, 0.1) is 6.42 Å². The number of urea groups is 1. The van der Waals surface area contributed by atoms with Crippen LogP contribution in [0.3, 0.4) is 0 Å². The zero-order valence-electron chi connectivity index (χ0n) is 16.0. The van der Waals surface area contributed by atoms with Crippen LogP contribution in [0.15, 0.2) is 0 Å². The number of ether oxygens (including phenoxy) is 1. The number of amides is 4. The summed E-state index contributed by atoms with van der Waals surface area (Å²) in [6, 6.07) is -0.661. The van der Waals surface area contributed by atoms with E-state index in [1.54, 1.807) is 0 Å². The number of rotatable bonds is 6. The molecule has 0 radical (unpaired) electrons. The van der Waals surface area contributed by atoms with Crippen molar-refractivity contribution in [3.63, 3.8) is 0 Å². The standard InChI is InChI=1S/C19H29N3O5/c1-11(16(24)22-18(26)20-2)27-15(23)3-4-21-17(25)19-8-12-5-13(9-19)7-14(6-12)10-19/h11-14H,3-10H2,1-2H3,(H,21,25)(H2,20,22,24,26)/t11-,12?,13?,14?,19?/m1/s1. The van der Waals surface area contributed by atoms with Crippen LogP contribution < -0.4 is 16.0 Å². The average molecular weight is 379 g/mol. The molecule has 4 saturated carbocycles. The van der Waals surface area contributed by atoms with E-state index in [2.05, 4.69) is 10.6 Å². The van der Waals surface area contributed by atoms with Crippen LogP contribution in [0.1, 0.15) is 51.9 Å². The Balaban J connectivity index is 1.40. The van der Waals surface area contributed by atoms with Gasteiger partial charge in [-0.05, 0) is 63.2 Å².